The summed E-state index contributed by atoms with van der Waals surface area (Å²) in [4.78, 5) is 35.4. The van der Waals surface area contributed by atoms with Crippen molar-refractivity contribution in [1.82, 2.24) is 0 Å². The van der Waals surface area contributed by atoms with Crippen LogP contribution in [-0.2, 0) is 20.7 Å². The van der Waals surface area contributed by atoms with E-state index in [1.807, 2.05) is 0 Å². The third-order valence-corrected chi connectivity index (χ3v) is 3.86. The fourth-order valence-electron chi connectivity index (χ4n) is 2.24. The van der Waals surface area contributed by atoms with E-state index in [1.54, 1.807) is 42.5 Å². The van der Waals surface area contributed by atoms with Crippen LogP contribution in [0.25, 0.3) is 0 Å². The molecule has 0 bridgehead atoms. The van der Waals surface area contributed by atoms with Crippen molar-refractivity contribution in [3.8, 4) is 5.75 Å². The third kappa shape index (κ3) is 5.32. The van der Waals surface area contributed by atoms with Crippen molar-refractivity contribution in [2.45, 2.75) is 13.3 Å². The number of benzene rings is 2. The number of nitrogens with one attached hydrogen (secondary N) is 1. The molecule has 6 nitrogen and oxygen atoms in total. The van der Waals surface area contributed by atoms with Gasteiger partial charge in [-0.25, -0.2) is 0 Å². The van der Waals surface area contributed by atoms with Gasteiger partial charge in [0.15, 0.2) is 12.4 Å². The Balaban J connectivity index is 1.94. The first-order chi connectivity index (χ1) is 12.4. The standard InChI is InChI=1S/C19H18ClNO5/c1-12(22)13-7-8-17(25-2)14(9-13)10-19(24)26-11-18(23)21-16-6-4-3-5-15(16)20/h3-9H,10-11H2,1-2H3,(H,21,23). The first-order valence-electron chi connectivity index (χ1n) is 7.78. The molecule has 0 unspecified atom stereocenters. The van der Waals surface area contributed by atoms with E-state index in [9.17, 15) is 14.4 Å². The maximum absolute atomic E-state index is 12.0. The molecule has 136 valence electrons. The first kappa shape index (κ1) is 19.5. The van der Waals surface area contributed by atoms with Crippen LogP contribution in [0.4, 0.5) is 5.69 Å². The van der Waals surface area contributed by atoms with Crippen molar-refractivity contribution in [1.29, 1.82) is 0 Å². The normalized spacial score (nSPS) is 10.1. The van der Waals surface area contributed by atoms with Crippen LogP contribution < -0.4 is 10.1 Å². The zero-order valence-electron chi connectivity index (χ0n) is 14.4. The Bertz CT molecular complexity index is 834. The van der Waals surface area contributed by atoms with Crippen LogP contribution in [0.3, 0.4) is 0 Å². The van der Waals surface area contributed by atoms with E-state index in [-0.39, 0.29) is 12.2 Å². The lowest BCUT2D eigenvalue weighted by Crippen LogP contribution is -2.22. The van der Waals surface area contributed by atoms with Crippen LogP contribution in [0.15, 0.2) is 42.5 Å². The number of para-hydroxylation sites is 1. The number of halogens is 1. The Morgan fingerprint density at radius 3 is 2.50 bits per heavy atom. The molecule has 0 aliphatic carbocycles. The first-order valence-corrected chi connectivity index (χ1v) is 8.16. The van der Waals surface area contributed by atoms with Gasteiger partial charge in [-0.1, -0.05) is 23.7 Å². The fraction of sp³-hybridized carbons (Fsp3) is 0.211. The van der Waals surface area contributed by atoms with E-state index in [4.69, 9.17) is 21.1 Å². The lowest BCUT2D eigenvalue weighted by atomic mass is 10.0. The van der Waals surface area contributed by atoms with Gasteiger partial charge in [-0.2, -0.15) is 0 Å². The van der Waals surface area contributed by atoms with E-state index in [1.165, 1.54) is 14.0 Å². The van der Waals surface area contributed by atoms with Gasteiger partial charge < -0.3 is 14.8 Å². The van der Waals surface area contributed by atoms with Crippen LogP contribution in [0.1, 0.15) is 22.8 Å². The summed E-state index contributed by atoms with van der Waals surface area (Å²) in [5.41, 5.74) is 1.41. The van der Waals surface area contributed by atoms with Crippen molar-refractivity contribution >= 4 is 34.9 Å². The van der Waals surface area contributed by atoms with Gasteiger partial charge in [0, 0.05) is 11.1 Å². The zero-order valence-corrected chi connectivity index (χ0v) is 15.1. The summed E-state index contributed by atoms with van der Waals surface area (Å²) in [5, 5.41) is 2.95. The Morgan fingerprint density at radius 2 is 1.85 bits per heavy atom. The molecule has 0 saturated carbocycles. The number of rotatable bonds is 7. The summed E-state index contributed by atoms with van der Waals surface area (Å²) in [7, 11) is 1.47. The SMILES string of the molecule is COc1ccc(C(C)=O)cc1CC(=O)OCC(=O)Nc1ccccc1Cl. The minimum atomic E-state index is -0.613. The van der Waals surface area contributed by atoms with Gasteiger partial charge in [0.05, 0.1) is 24.2 Å². The third-order valence-electron chi connectivity index (χ3n) is 3.53. The quantitative estimate of drug-likeness (QED) is 0.593. The molecule has 0 aliphatic heterocycles. The summed E-state index contributed by atoms with van der Waals surface area (Å²) in [6, 6.07) is 11.5. The van der Waals surface area contributed by atoms with E-state index in [0.29, 0.717) is 27.6 Å². The van der Waals surface area contributed by atoms with Crippen LogP contribution >= 0.6 is 11.6 Å². The smallest absolute Gasteiger partial charge is 0.310 e. The Labute approximate surface area is 156 Å². The average molecular weight is 376 g/mol. The second kappa shape index (κ2) is 9.01. The highest BCUT2D eigenvalue weighted by Crippen LogP contribution is 2.22. The topological polar surface area (TPSA) is 81.7 Å². The Morgan fingerprint density at radius 1 is 1.12 bits per heavy atom. The molecule has 0 saturated heterocycles. The molecule has 1 N–H and O–H groups in total. The van der Waals surface area contributed by atoms with E-state index < -0.39 is 18.5 Å². The number of carbonyl (C=O) groups excluding carboxylic acids is 3. The molecule has 2 aromatic carbocycles. The Kier molecular flexibility index (Phi) is 6.74. The lowest BCUT2D eigenvalue weighted by molar-refractivity contribution is -0.146. The van der Waals surface area contributed by atoms with Gasteiger partial charge in [0.1, 0.15) is 5.75 Å². The van der Waals surface area contributed by atoms with Crippen molar-refractivity contribution in [3.63, 3.8) is 0 Å². The number of esters is 1. The van der Waals surface area contributed by atoms with E-state index in [0.717, 1.165) is 0 Å². The average Bonchev–Trinajstić information content (AvgIpc) is 2.62. The predicted molar refractivity (Wildman–Crippen MR) is 97.7 cm³/mol. The molecule has 0 aliphatic rings. The number of ether oxygens (including phenoxy) is 2. The van der Waals surface area contributed by atoms with Crippen LogP contribution in [-0.4, -0.2) is 31.4 Å². The highest BCUT2D eigenvalue weighted by atomic mass is 35.5. The van der Waals surface area contributed by atoms with Gasteiger partial charge in [0.2, 0.25) is 0 Å². The molecule has 0 atom stereocenters. The highest BCUT2D eigenvalue weighted by molar-refractivity contribution is 6.33. The molecule has 26 heavy (non-hydrogen) atoms. The molecule has 7 heteroatoms. The maximum Gasteiger partial charge on any atom is 0.310 e. The summed E-state index contributed by atoms with van der Waals surface area (Å²) in [5.74, 6) is -0.775. The van der Waals surface area contributed by atoms with Crippen molar-refractivity contribution in [2.24, 2.45) is 0 Å². The van der Waals surface area contributed by atoms with Crippen LogP contribution in [0, 0.1) is 0 Å². The fourth-order valence-corrected chi connectivity index (χ4v) is 2.42. The van der Waals surface area contributed by atoms with Gasteiger partial charge in [-0.05, 0) is 37.3 Å². The molecule has 1 amide bonds. The summed E-state index contributed by atoms with van der Waals surface area (Å²) >= 11 is 5.95. The number of hydrogen-bond acceptors (Lipinski definition) is 5. The number of Topliss-reactive ketones (excluding diaryl/α,β-unsaturated/α-hetero) is 1. The maximum atomic E-state index is 12.0. The molecule has 2 aromatic rings. The molecule has 0 heterocycles. The van der Waals surface area contributed by atoms with Crippen molar-refractivity contribution < 1.29 is 23.9 Å². The number of carbonyl (C=O) groups is 3. The molecule has 0 aromatic heterocycles. The van der Waals surface area contributed by atoms with Gasteiger partial charge in [0.25, 0.3) is 5.91 Å². The van der Waals surface area contributed by atoms with Crippen LogP contribution in [0.2, 0.25) is 5.02 Å². The van der Waals surface area contributed by atoms with Crippen molar-refractivity contribution in [3.05, 3.63) is 58.6 Å². The summed E-state index contributed by atoms with van der Waals surface area (Å²) in [6.07, 6.45) is -0.121. The monoisotopic (exact) mass is 375 g/mol. The number of methoxy groups -OCH3 is 1. The lowest BCUT2D eigenvalue weighted by Gasteiger charge is -2.10. The molecule has 0 radical (unpaired) electrons. The minimum Gasteiger partial charge on any atom is -0.496 e. The minimum absolute atomic E-state index is 0.121. The van der Waals surface area contributed by atoms with E-state index in [2.05, 4.69) is 5.32 Å². The largest absolute Gasteiger partial charge is 0.496 e. The molecule has 2 rings (SSSR count). The number of ketones is 1. The van der Waals surface area contributed by atoms with Crippen LogP contribution in [0.5, 0.6) is 5.75 Å². The predicted octanol–water partition coefficient (Wildman–Crippen LogP) is 3.28. The number of amides is 1. The molecule has 0 fully saturated rings. The molecular formula is C19H18ClNO5. The number of anilines is 1. The molecular weight excluding hydrogens is 358 g/mol. The highest BCUT2D eigenvalue weighted by Gasteiger charge is 2.14. The zero-order chi connectivity index (χ0) is 19.1. The Hall–Kier alpha value is -2.86. The van der Waals surface area contributed by atoms with Gasteiger partial charge >= 0.3 is 5.97 Å². The van der Waals surface area contributed by atoms with Crippen molar-refractivity contribution in [2.75, 3.05) is 19.0 Å². The van der Waals surface area contributed by atoms with Gasteiger partial charge in [-0.3, -0.25) is 14.4 Å². The van der Waals surface area contributed by atoms with E-state index >= 15 is 0 Å². The number of hydrogen-bond donors (Lipinski definition) is 1. The second-order valence-corrected chi connectivity index (χ2v) is 5.86. The molecule has 0 spiro atoms. The second-order valence-electron chi connectivity index (χ2n) is 5.45. The van der Waals surface area contributed by atoms with Gasteiger partial charge in [-0.15, -0.1) is 0 Å². The summed E-state index contributed by atoms with van der Waals surface area (Å²) < 4.78 is 10.2. The summed E-state index contributed by atoms with van der Waals surface area (Å²) in [6.45, 7) is 0.988.